The molecule has 0 saturated carbocycles. The van der Waals surface area contributed by atoms with E-state index in [0.717, 1.165) is 5.56 Å². The van der Waals surface area contributed by atoms with E-state index in [0.29, 0.717) is 5.56 Å². The predicted molar refractivity (Wildman–Crippen MR) is 58.2 cm³/mol. The smallest absolute Gasteiger partial charge is 0.387 e. The molecule has 0 radical (unpaired) electrons. The van der Waals surface area contributed by atoms with Crippen LogP contribution in [0.3, 0.4) is 0 Å². The van der Waals surface area contributed by atoms with Crippen LogP contribution in [0.1, 0.15) is 11.1 Å². The Balaban J connectivity index is 2.88. The minimum atomic E-state index is -2.79. The molecule has 0 atom stereocenters. The van der Waals surface area contributed by atoms with Gasteiger partial charge in [0.05, 0.1) is 0 Å². The maximum absolute atomic E-state index is 12.0. The molecule has 0 N–H and O–H groups in total. The lowest BCUT2D eigenvalue weighted by atomic mass is 10.1. The number of benzene rings is 1. The average molecular weight is 228 g/mol. The van der Waals surface area contributed by atoms with E-state index < -0.39 is 6.61 Å². The van der Waals surface area contributed by atoms with E-state index >= 15 is 0 Å². The van der Waals surface area contributed by atoms with Gasteiger partial charge in [0.1, 0.15) is 5.75 Å². The van der Waals surface area contributed by atoms with Crippen molar-refractivity contribution in [3.05, 3.63) is 29.3 Å². The van der Waals surface area contributed by atoms with Crippen molar-refractivity contribution in [2.24, 2.45) is 0 Å². The fourth-order valence-corrected chi connectivity index (χ4v) is 1.29. The summed E-state index contributed by atoms with van der Waals surface area (Å²) in [6, 6.07) is 4.89. The molecule has 0 aromatic heterocycles. The van der Waals surface area contributed by atoms with Gasteiger partial charge in [-0.15, -0.1) is 0 Å². The number of thioether (sulfide) groups is 1. The molecule has 0 saturated heterocycles. The Bertz CT molecular complexity index is 393. The van der Waals surface area contributed by atoms with E-state index in [1.165, 1.54) is 17.8 Å². The van der Waals surface area contributed by atoms with Gasteiger partial charge >= 0.3 is 6.61 Å². The van der Waals surface area contributed by atoms with E-state index in [4.69, 9.17) is 0 Å². The second-order valence-electron chi connectivity index (χ2n) is 2.79. The van der Waals surface area contributed by atoms with Crippen LogP contribution in [0.5, 0.6) is 5.75 Å². The maximum Gasteiger partial charge on any atom is 0.387 e. The van der Waals surface area contributed by atoms with Crippen LogP contribution in [0.15, 0.2) is 18.2 Å². The molecular formula is C11H10F2OS. The van der Waals surface area contributed by atoms with Gasteiger partial charge in [-0.05, 0) is 42.2 Å². The summed E-state index contributed by atoms with van der Waals surface area (Å²) >= 11 is 1.40. The van der Waals surface area contributed by atoms with Gasteiger partial charge < -0.3 is 4.74 Å². The zero-order valence-electron chi connectivity index (χ0n) is 8.38. The molecule has 0 bridgehead atoms. The molecule has 0 aliphatic carbocycles. The van der Waals surface area contributed by atoms with Gasteiger partial charge in [0.25, 0.3) is 0 Å². The van der Waals surface area contributed by atoms with Crippen molar-refractivity contribution in [2.45, 2.75) is 13.5 Å². The monoisotopic (exact) mass is 228 g/mol. The zero-order valence-corrected chi connectivity index (χ0v) is 9.20. The Morgan fingerprint density at radius 3 is 2.67 bits per heavy atom. The van der Waals surface area contributed by atoms with Gasteiger partial charge in [-0.25, -0.2) is 0 Å². The molecule has 0 spiro atoms. The Labute approximate surface area is 91.8 Å². The Morgan fingerprint density at radius 1 is 1.40 bits per heavy atom. The molecule has 80 valence electrons. The van der Waals surface area contributed by atoms with Crippen molar-refractivity contribution in [2.75, 3.05) is 6.26 Å². The van der Waals surface area contributed by atoms with Gasteiger partial charge in [-0.1, -0.05) is 17.7 Å². The highest BCUT2D eigenvalue weighted by Gasteiger charge is 2.06. The third-order valence-electron chi connectivity index (χ3n) is 1.69. The van der Waals surface area contributed by atoms with Crippen molar-refractivity contribution in [3.8, 4) is 16.9 Å². The minimum Gasteiger partial charge on any atom is -0.435 e. The molecule has 1 nitrogen and oxygen atoms in total. The lowest BCUT2D eigenvalue weighted by molar-refractivity contribution is -0.0502. The lowest BCUT2D eigenvalue weighted by Crippen LogP contribution is -2.03. The molecule has 15 heavy (non-hydrogen) atoms. The summed E-state index contributed by atoms with van der Waals surface area (Å²) in [6.45, 7) is -1.08. The lowest BCUT2D eigenvalue weighted by Gasteiger charge is -2.07. The van der Waals surface area contributed by atoms with E-state index in [1.54, 1.807) is 19.1 Å². The van der Waals surface area contributed by atoms with Crippen molar-refractivity contribution >= 4 is 11.8 Å². The first kappa shape index (κ1) is 11.9. The number of hydrogen-bond acceptors (Lipinski definition) is 2. The summed E-state index contributed by atoms with van der Waals surface area (Å²) in [5.74, 6) is 3.08. The van der Waals surface area contributed by atoms with Crippen molar-refractivity contribution < 1.29 is 13.5 Å². The van der Waals surface area contributed by atoms with Gasteiger partial charge in [-0.2, -0.15) is 8.78 Å². The Kier molecular flexibility index (Phi) is 4.44. The molecular weight excluding hydrogens is 218 g/mol. The molecule has 0 aliphatic rings. The van der Waals surface area contributed by atoms with Crippen molar-refractivity contribution in [1.29, 1.82) is 0 Å². The van der Waals surface area contributed by atoms with E-state index in [-0.39, 0.29) is 5.75 Å². The third kappa shape index (κ3) is 3.80. The van der Waals surface area contributed by atoms with Crippen molar-refractivity contribution in [3.63, 3.8) is 0 Å². The zero-order chi connectivity index (χ0) is 11.3. The topological polar surface area (TPSA) is 9.23 Å². The summed E-state index contributed by atoms with van der Waals surface area (Å²) in [5.41, 5.74) is 1.45. The molecule has 4 heteroatoms. The minimum absolute atomic E-state index is 0.194. The molecule has 1 aromatic rings. The van der Waals surface area contributed by atoms with E-state index in [1.807, 2.05) is 6.26 Å². The molecule has 1 rings (SSSR count). The number of alkyl halides is 2. The van der Waals surface area contributed by atoms with Crippen LogP contribution >= 0.6 is 11.8 Å². The fraction of sp³-hybridized carbons (Fsp3) is 0.273. The second kappa shape index (κ2) is 5.62. The van der Waals surface area contributed by atoms with Gasteiger partial charge in [0.2, 0.25) is 0 Å². The number of ether oxygens (including phenoxy) is 1. The van der Waals surface area contributed by atoms with Gasteiger partial charge in [0.15, 0.2) is 0 Å². The standard InChI is InChI=1S/C11H10F2OS/c1-8-7-9(5-6-15-2)3-4-10(8)14-11(12)13/h3-4,7,11H,1-2H3. The highest BCUT2D eigenvalue weighted by Crippen LogP contribution is 2.20. The SMILES string of the molecule is CSC#Cc1ccc(OC(F)F)c(C)c1. The van der Waals surface area contributed by atoms with Crippen LogP contribution < -0.4 is 4.74 Å². The first-order valence-electron chi connectivity index (χ1n) is 4.23. The van der Waals surface area contributed by atoms with Crippen LogP contribution in [-0.4, -0.2) is 12.9 Å². The molecule has 0 amide bonds. The van der Waals surface area contributed by atoms with Crippen LogP contribution in [0.4, 0.5) is 8.78 Å². The van der Waals surface area contributed by atoms with Crippen LogP contribution in [-0.2, 0) is 0 Å². The molecule has 0 heterocycles. The summed E-state index contributed by atoms with van der Waals surface area (Å²) in [5, 5.41) is 2.83. The first-order chi connectivity index (χ1) is 7.13. The third-order valence-corrected chi connectivity index (χ3v) is 1.99. The van der Waals surface area contributed by atoms with E-state index in [9.17, 15) is 8.78 Å². The molecule has 0 unspecified atom stereocenters. The van der Waals surface area contributed by atoms with Crippen LogP contribution in [0, 0.1) is 18.1 Å². The molecule has 0 aliphatic heterocycles. The number of rotatable bonds is 2. The molecule has 0 fully saturated rings. The van der Waals surface area contributed by atoms with Crippen LogP contribution in [0.25, 0.3) is 0 Å². The number of hydrogen-bond donors (Lipinski definition) is 0. The maximum atomic E-state index is 12.0. The number of halogens is 2. The first-order valence-corrected chi connectivity index (χ1v) is 5.45. The molecule has 1 aromatic carbocycles. The fourth-order valence-electron chi connectivity index (χ4n) is 1.07. The normalized spacial score (nSPS) is 9.67. The predicted octanol–water partition coefficient (Wildman–Crippen LogP) is 3.27. The Morgan fingerprint density at radius 2 is 2.13 bits per heavy atom. The quantitative estimate of drug-likeness (QED) is 0.718. The summed E-state index contributed by atoms with van der Waals surface area (Å²) in [4.78, 5) is 0. The van der Waals surface area contributed by atoms with Gasteiger partial charge in [0, 0.05) is 5.56 Å². The Hall–Kier alpha value is -1.21. The highest BCUT2D eigenvalue weighted by molar-refractivity contribution is 8.03. The largest absolute Gasteiger partial charge is 0.435 e. The van der Waals surface area contributed by atoms with Crippen molar-refractivity contribution in [1.82, 2.24) is 0 Å². The van der Waals surface area contributed by atoms with Gasteiger partial charge in [-0.3, -0.25) is 0 Å². The summed E-state index contributed by atoms with van der Waals surface area (Å²) in [6.07, 6.45) is 1.87. The van der Waals surface area contributed by atoms with Crippen LogP contribution in [0.2, 0.25) is 0 Å². The summed E-state index contributed by atoms with van der Waals surface area (Å²) in [7, 11) is 0. The van der Waals surface area contributed by atoms with E-state index in [2.05, 4.69) is 15.9 Å². The summed E-state index contributed by atoms with van der Waals surface area (Å²) < 4.78 is 28.2. The highest BCUT2D eigenvalue weighted by atomic mass is 32.2. The second-order valence-corrected chi connectivity index (χ2v) is 3.40. The number of aryl methyl sites for hydroxylation is 1. The average Bonchev–Trinajstić information content (AvgIpc) is 2.18.